The van der Waals surface area contributed by atoms with E-state index in [9.17, 15) is 4.79 Å². The molecule has 90 valence electrons. The molecule has 0 saturated carbocycles. The number of ether oxygens (including phenoxy) is 2. The summed E-state index contributed by atoms with van der Waals surface area (Å²) in [5.41, 5.74) is 0. The van der Waals surface area contributed by atoms with E-state index in [4.69, 9.17) is 9.47 Å². The molecular formula is C8H11I2N3O3. The number of aromatic nitrogens is 2. The van der Waals surface area contributed by atoms with Crippen LogP contribution in [0.5, 0.6) is 11.8 Å². The summed E-state index contributed by atoms with van der Waals surface area (Å²) in [5, 5.41) is 2.43. The molecule has 0 aliphatic heterocycles. The average molecular weight is 451 g/mol. The Morgan fingerprint density at radius 3 is 2.00 bits per heavy atom. The van der Waals surface area contributed by atoms with Gasteiger partial charge in [0.15, 0.2) is 0 Å². The molecule has 0 unspecified atom stereocenters. The van der Waals surface area contributed by atoms with Gasteiger partial charge in [-0.05, 0) is 0 Å². The van der Waals surface area contributed by atoms with Crippen molar-refractivity contribution in [1.82, 2.24) is 9.97 Å². The van der Waals surface area contributed by atoms with Crippen molar-refractivity contribution < 1.29 is 14.3 Å². The van der Waals surface area contributed by atoms with Crippen molar-refractivity contribution in [3.05, 3.63) is 6.07 Å². The lowest BCUT2D eigenvalue weighted by Gasteiger charge is -2.05. The van der Waals surface area contributed by atoms with Crippen LogP contribution in [0.15, 0.2) is 6.07 Å². The molecule has 8 heteroatoms. The Hall–Kier alpha value is -0.390. The van der Waals surface area contributed by atoms with Crippen LogP contribution in [-0.2, 0) is 4.79 Å². The number of methoxy groups -OCH3 is 2. The zero-order valence-corrected chi connectivity index (χ0v) is 13.3. The number of nitrogens with one attached hydrogen (secondary N) is 1. The molecule has 0 radical (unpaired) electrons. The van der Waals surface area contributed by atoms with Crippen LogP contribution >= 0.6 is 37.2 Å². The van der Waals surface area contributed by atoms with E-state index in [0.29, 0.717) is 11.8 Å². The first-order valence-corrected chi connectivity index (χ1v) is 10.3. The van der Waals surface area contributed by atoms with E-state index in [0.717, 1.165) is 0 Å². The van der Waals surface area contributed by atoms with Gasteiger partial charge in [0.05, 0.1) is 20.3 Å². The molecule has 1 amide bonds. The molecule has 0 aliphatic carbocycles. The first-order chi connectivity index (χ1) is 7.65. The number of amides is 1. The highest BCUT2D eigenvalue weighted by atomic mass is 128. The SMILES string of the molecule is COc1cc(OC)nc(NC(C)=O)n1.II. The van der Waals surface area contributed by atoms with Crippen LogP contribution in [0.1, 0.15) is 6.92 Å². The van der Waals surface area contributed by atoms with Crippen LogP contribution in [-0.4, -0.2) is 30.1 Å². The number of hydrogen-bond donors (Lipinski definition) is 1. The van der Waals surface area contributed by atoms with Crippen LogP contribution in [0.25, 0.3) is 0 Å². The first-order valence-electron chi connectivity index (χ1n) is 4.04. The molecule has 0 fully saturated rings. The Labute approximate surface area is 117 Å². The van der Waals surface area contributed by atoms with Crippen molar-refractivity contribution in [2.24, 2.45) is 0 Å². The van der Waals surface area contributed by atoms with E-state index >= 15 is 0 Å². The molecule has 1 heterocycles. The highest BCUT2D eigenvalue weighted by Crippen LogP contribution is 2.16. The fourth-order valence-corrected chi connectivity index (χ4v) is 0.826. The second kappa shape index (κ2) is 8.73. The number of rotatable bonds is 3. The van der Waals surface area contributed by atoms with Crippen LogP contribution in [0.2, 0.25) is 0 Å². The number of carbonyl (C=O) groups is 1. The van der Waals surface area contributed by atoms with Crippen molar-refractivity contribution in [3.63, 3.8) is 0 Å². The van der Waals surface area contributed by atoms with Gasteiger partial charge in [0.2, 0.25) is 23.6 Å². The van der Waals surface area contributed by atoms with E-state index in [1.54, 1.807) is 0 Å². The largest absolute Gasteiger partial charge is 0.481 e. The van der Waals surface area contributed by atoms with Crippen molar-refractivity contribution in [2.75, 3.05) is 19.5 Å². The molecule has 0 aliphatic rings. The van der Waals surface area contributed by atoms with Crippen LogP contribution in [0.3, 0.4) is 0 Å². The van der Waals surface area contributed by atoms with E-state index < -0.39 is 0 Å². The van der Waals surface area contributed by atoms with Gasteiger partial charge in [-0.3, -0.25) is 10.1 Å². The molecule has 6 nitrogen and oxygen atoms in total. The Morgan fingerprint density at radius 1 is 1.25 bits per heavy atom. The van der Waals surface area contributed by atoms with Gasteiger partial charge < -0.3 is 9.47 Å². The van der Waals surface area contributed by atoms with E-state index in [1.165, 1.54) is 27.2 Å². The van der Waals surface area contributed by atoms with Crippen molar-refractivity contribution in [3.8, 4) is 11.8 Å². The van der Waals surface area contributed by atoms with Gasteiger partial charge >= 0.3 is 0 Å². The Bertz CT molecular complexity index is 327. The van der Waals surface area contributed by atoms with Crippen LogP contribution in [0, 0.1) is 0 Å². The normalized spacial score (nSPS) is 8.56. The number of hydrogen-bond acceptors (Lipinski definition) is 5. The topological polar surface area (TPSA) is 73.3 Å². The molecule has 1 aromatic heterocycles. The maximum atomic E-state index is 10.7. The van der Waals surface area contributed by atoms with Gasteiger partial charge in [-0.15, -0.1) is 0 Å². The highest BCUT2D eigenvalue weighted by Gasteiger charge is 2.05. The summed E-state index contributed by atoms with van der Waals surface area (Å²) in [5.74, 6) is 0.579. The van der Waals surface area contributed by atoms with Gasteiger partial charge in [0.1, 0.15) is 0 Å². The predicted molar refractivity (Wildman–Crippen MR) is 77.5 cm³/mol. The van der Waals surface area contributed by atoms with Gasteiger partial charge in [0, 0.05) is 44.2 Å². The maximum Gasteiger partial charge on any atom is 0.236 e. The Kier molecular flexibility index (Phi) is 8.51. The van der Waals surface area contributed by atoms with Gasteiger partial charge in [-0.1, -0.05) is 0 Å². The second-order valence-electron chi connectivity index (χ2n) is 2.46. The third-order valence-corrected chi connectivity index (χ3v) is 1.39. The lowest BCUT2D eigenvalue weighted by molar-refractivity contribution is -0.114. The third kappa shape index (κ3) is 5.63. The minimum atomic E-state index is -0.250. The number of carbonyl (C=O) groups excluding carboxylic acids is 1. The standard InChI is InChI=1S/C8H11N3O3.I2/c1-5(12)9-8-10-6(13-2)4-7(11-8)14-3;1-2/h4H,1-3H3,(H,9,10,11,12);. The molecule has 0 saturated heterocycles. The maximum absolute atomic E-state index is 10.7. The number of anilines is 1. The summed E-state index contributed by atoms with van der Waals surface area (Å²) >= 11 is 4.24. The number of nitrogens with zero attached hydrogens (tertiary/aromatic N) is 2. The smallest absolute Gasteiger partial charge is 0.236 e. The van der Waals surface area contributed by atoms with E-state index in [2.05, 4.69) is 52.5 Å². The molecule has 0 spiro atoms. The molecular weight excluding hydrogens is 440 g/mol. The summed E-state index contributed by atoms with van der Waals surface area (Å²) < 4.78 is 9.79. The third-order valence-electron chi connectivity index (χ3n) is 1.39. The van der Waals surface area contributed by atoms with Crippen LogP contribution < -0.4 is 14.8 Å². The summed E-state index contributed by atoms with van der Waals surface area (Å²) in [6, 6.07) is 1.52. The zero-order chi connectivity index (χ0) is 12.6. The van der Waals surface area contributed by atoms with Gasteiger partial charge in [0.25, 0.3) is 0 Å². The van der Waals surface area contributed by atoms with Gasteiger partial charge in [-0.2, -0.15) is 9.97 Å². The quantitative estimate of drug-likeness (QED) is 0.715. The Morgan fingerprint density at radius 2 is 1.69 bits per heavy atom. The zero-order valence-electron chi connectivity index (χ0n) is 8.95. The fourth-order valence-electron chi connectivity index (χ4n) is 0.826. The molecule has 1 rings (SSSR count). The predicted octanol–water partition coefficient (Wildman–Crippen LogP) is 2.22. The molecule has 16 heavy (non-hydrogen) atoms. The first kappa shape index (κ1) is 15.6. The molecule has 1 aromatic rings. The van der Waals surface area contributed by atoms with E-state index in [-0.39, 0.29) is 11.9 Å². The van der Waals surface area contributed by atoms with Gasteiger partial charge in [-0.25, -0.2) is 0 Å². The number of halogens is 2. The fraction of sp³-hybridized carbons (Fsp3) is 0.375. The van der Waals surface area contributed by atoms with Crippen molar-refractivity contribution >= 4 is 49.1 Å². The summed E-state index contributed by atoms with van der Waals surface area (Å²) in [6.07, 6.45) is 0. The molecule has 0 bridgehead atoms. The molecule has 0 aromatic carbocycles. The van der Waals surface area contributed by atoms with E-state index in [1.807, 2.05) is 0 Å². The summed E-state index contributed by atoms with van der Waals surface area (Å²) in [7, 11) is 2.94. The minimum Gasteiger partial charge on any atom is -0.481 e. The summed E-state index contributed by atoms with van der Waals surface area (Å²) in [6.45, 7) is 1.37. The lowest BCUT2D eigenvalue weighted by Crippen LogP contribution is -2.10. The highest BCUT2D eigenvalue weighted by molar-refractivity contribution is 15.0. The van der Waals surface area contributed by atoms with Crippen LogP contribution in [0.4, 0.5) is 5.95 Å². The van der Waals surface area contributed by atoms with Crippen molar-refractivity contribution in [1.29, 1.82) is 0 Å². The molecule has 1 N–H and O–H groups in total. The average Bonchev–Trinajstić information content (AvgIpc) is 2.30. The second-order valence-corrected chi connectivity index (χ2v) is 2.46. The minimum absolute atomic E-state index is 0.161. The lowest BCUT2D eigenvalue weighted by atomic mass is 10.6. The monoisotopic (exact) mass is 451 g/mol. The van der Waals surface area contributed by atoms with Crippen molar-refractivity contribution in [2.45, 2.75) is 6.92 Å². The molecule has 0 atom stereocenters. The summed E-state index contributed by atoms with van der Waals surface area (Å²) in [4.78, 5) is 18.5. The Balaban J connectivity index is 0.00000106.